The van der Waals surface area contributed by atoms with E-state index >= 15 is 0 Å². The van der Waals surface area contributed by atoms with Crippen LogP contribution in [0.5, 0.6) is 34.5 Å². The van der Waals surface area contributed by atoms with Crippen molar-refractivity contribution in [3.63, 3.8) is 0 Å². The fourth-order valence-electron chi connectivity index (χ4n) is 6.82. The third-order valence-electron chi connectivity index (χ3n) is 9.02. The maximum Gasteiger partial charge on any atom is 0.188 e. The van der Waals surface area contributed by atoms with Crippen LogP contribution >= 0.6 is 7.26 Å². The van der Waals surface area contributed by atoms with Crippen molar-refractivity contribution in [3.8, 4) is 34.5 Å². The monoisotopic (exact) mass is 611 g/mol. The van der Waals surface area contributed by atoms with E-state index in [4.69, 9.17) is 28.4 Å². The normalized spacial score (nSPS) is 19.0. The zero-order valence-electron chi connectivity index (χ0n) is 27.2. The van der Waals surface area contributed by atoms with Crippen molar-refractivity contribution in [3.05, 3.63) is 54.6 Å². The molecule has 0 saturated heterocycles. The first-order valence-corrected chi connectivity index (χ1v) is 16.8. The molecule has 1 fully saturated rings. The Balaban J connectivity index is 2.22. The maximum absolute atomic E-state index is 12.7. The van der Waals surface area contributed by atoms with Crippen molar-refractivity contribution < 1.29 is 33.5 Å². The van der Waals surface area contributed by atoms with E-state index in [2.05, 4.69) is 20.8 Å². The van der Waals surface area contributed by atoms with Gasteiger partial charge in [0.05, 0.1) is 48.3 Å². The second-order valence-corrected chi connectivity index (χ2v) is 15.6. The molecule has 7 nitrogen and oxygen atoms in total. The number of ether oxygens (including phenoxy) is 6. The number of aliphatic hydroxyl groups is 1. The Morgan fingerprint density at radius 3 is 1.12 bits per heavy atom. The van der Waals surface area contributed by atoms with Gasteiger partial charge in [0.15, 0.2) is 50.4 Å². The van der Waals surface area contributed by atoms with Crippen LogP contribution < -0.4 is 44.3 Å². The van der Waals surface area contributed by atoms with Crippen LogP contribution in [-0.2, 0) is 0 Å². The molecule has 0 heterocycles. The lowest BCUT2D eigenvalue weighted by atomic mass is 9.69. The largest absolute Gasteiger partial charge is 0.492 e. The molecule has 1 saturated carbocycles. The van der Waals surface area contributed by atoms with E-state index in [1.807, 2.05) is 54.6 Å². The Bertz CT molecular complexity index is 1190. The molecule has 0 radical (unpaired) electrons. The van der Waals surface area contributed by atoms with Gasteiger partial charge in [-0.15, -0.1) is 0 Å². The standard InChI is InChI=1S/C35H48O7P/c1-34(2,3)24-19-21-35(36,22-20-24)23-43(31-25(37-4)13-10-14-26(31)38-5,32-27(39-6)15-11-16-28(32)40-7)33-29(41-8)17-12-18-30(33)42-9/h10-18,24,36H,19-23H2,1-9H3/q+1. The van der Waals surface area contributed by atoms with Gasteiger partial charge in [-0.3, -0.25) is 0 Å². The predicted octanol–water partition coefficient (Wildman–Crippen LogP) is 6.00. The highest BCUT2D eigenvalue weighted by Crippen LogP contribution is 2.67. The van der Waals surface area contributed by atoms with Gasteiger partial charge in [0.25, 0.3) is 0 Å². The molecule has 0 unspecified atom stereocenters. The Morgan fingerprint density at radius 1 is 0.605 bits per heavy atom. The fourth-order valence-corrected chi connectivity index (χ4v) is 12.4. The molecule has 1 aliphatic carbocycles. The molecule has 8 heteroatoms. The van der Waals surface area contributed by atoms with Crippen molar-refractivity contribution >= 4 is 23.2 Å². The smallest absolute Gasteiger partial charge is 0.188 e. The van der Waals surface area contributed by atoms with Crippen molar-refractivity contribution in [1.29, 1.82) is 0 Å². The van der Waals surface area contributed by atoms with Crippen LogP contribution in [0.25, 0.3) is 0 Å². The topological polar surface area (TPSA) is 75.6 Å². The summed E-state index contributed by atoms with van der Waals surface area (Å²) < 4.78 is 36.7. The number of hydrogen-bond donors (Lipinski definition) is 1. The molecule has 4 rings (SSSR count). The minimum absolute atomic E-state index is 0.164. The lowest BCUT2D eigenvalue weighted by Gasteiger charge is -2.43. The number of methoxy groups -OCH3 is 6. The van der Waals surface area contributed by atoms with Gasteiger partial charge in [0.2, 0.25) is 0 Å². The summed E-state index contributed by atoms with van der Waals surface area (Å²) in [5.41, 5.74) is -0.851. The van der Waals surface area contributed by atoms with E-state index in [0.29, 0.717) is 59.4 Å². The molecule has 3 aromatic rings. The Labute approximate surface area is 257 Å². The molecule has 0 aliphatic heterocycles. The van der Waals surface area contributed by atoms with E-state index in [0.717, 1.165) is 28.8 Å². The summed E-state index contributed by atoms with van der Waals surface area (Å²) in [5.74, 6) is 4.35. The zero-order valence-corrected chi connectivity index (χ0v) is 28.0. The van der Waals surface area contributed by atoms with Gasteiger partial charge in [-0.2, -0.15) is 0 Å². The average molecular weight is 612 g/mol. The summed E-state index contributed by atoms with van der Waals surface area (Å²) >= 11 is 0. The molecular formula is C35H48O7P+. The van der Waals surface area contributed by atoms with Gasteiger partial charge in [-0.1, -0.05) is 39.0 Å². The van der Waals surface area contributed by atoms with Gasteiger partial charge in [-0.05, 0) is 73.4 Å². The second-order valence-electron chi connectivity index (χ2n) is 12.4. The first kappa shape index (κ1) is 32.8. The summed E-state index contributed by atoms with van der Waals surface area (Å²) in [6.07, 6.45) is 3.54. The molecule has 3 aromatic carbocycles. The second kappa shape index (κ2) is 13.2. The van der Waals surface area contributed by atoms with Crippen LogP contribution in [-0.4, -0.2) is 59.5 Å². The molecule has 0 spiro atoms. The summed E-state index contributed by atoms with van der Waals surface area (Å²) in [7, 11) is 6.90. The van der Waals surface area contributed by atoms with E-state index in [1.54, 1.807) is 42.7 Å². The first-order chi connectivity index (χ1) is 20.5. The molecule has 234 valence electrons. The molecule has 0 bridgehead atoms. The van der Waals surface area contributed by atoms with Gasteiger partial charge >= 0.3 is 0 Å². The molecule has 0 aromatic heterocycles. The Morgan fingerprint density at radius 2 is 0.884 bits per heavy atom. The first-order valence-electron chi connectivity index (χ1n) is 14.8. The fraction of sp³-hybridized carbons (Fsp3) is 0.486. The van der Waals surface area contributed by atoms with Crippen LogP contribution in [0.2, 0.25) is 0 Å². The quantitative estimate of drug-likeness (QED) is 0.267. The van der Waals surface area contributed by atoms with E-state index in [1.165, 1.54) is 0 Å². The van der Waals surface area contributed by atoms with Gasteiger partial charge in [-0.25, -0.2) is 0 Å². The van der Waals surface area contributed by atoms with Crippen LogP contribution in [0.3, 0.4) is 0 Å². The number of hydrogen-bond acceptors (Lipinski definition) is 7. The third kappa shape index (κ3) is 6.12. The predicted molar refractivity (Wildman–Crippen MR) is 176 cm³/mol. The van der Waals surface area contributed by atoms with E-state index < -0.39 is 12.9 Å². The highest BCUT2D eigenvalue weighted by molar-refractivity contribution is 7.96. The lowest BCUT2D eigenvalue weighted by Crippen LogP contribution is -2.47. The molecule has 0 atom stereocenters. The summed E-state index contributed by atoms with van der Waals surface area (Å²) in [4.78, 5) is 0. The Kier molecular flexibility index (Phi) is 10.1. The molecule has 0 amide bonds. The minimum atomic E-state index is -3.07. The van der Waals surface area contributed by atoms with Crippen LogP contribution in [0.1, 0.15) is 46.5 Å². The van der Waals surface area contributed by atoms with Crippen molar-refractivity contribution in [2.45, 2.75) is 52.1 Å². The molecule has 1 N–H and O–H groups in total. The highest BCUT2D eigenvalue weighted by Gasteiger charge is 2.61. The zero-order chi connectivity index (χ0) is 31.4. The number of rotatable bonds is 11. The van der Waals surface area contributed by atoms with E-state index in [-0.39, 0.29) is 5.41 Å². The van der Waals surface area contributed by atoms with Gasteiger partial charge in [0.1, 0.15) is 13.4 Å². The summed E-state index contributed by atoms with van der Waals surface area (Å²) in [5, 5.41) is 15.2. The van der Waals surface area contributed by atoms with Crippen molar-refractivity contribution in [2.24, 2.45) is 11.3 Å². The van der Waals surface area contributed by atoms with Crippen LogP contribution in [0.4, 0.5) is 0 Å². The molecule has 43 heavy (non-hydrogen) atoms. The minimum Gasteiger partial charge on any atom is -0.492 e. The highest BCUT2D eigenvalue weighted by atomic mass is 31.2. The lowest BCUT2D eigenvalue weighted by molar-refractivity contribution is -0.00660. The summed E-state index contributed by atoms with van der Waals surface area (Å²) in [6, 6.07) is 17.4. The summed E-state index contributed by atoms with van der Waals surface area (Å²) in [6.45, 7) is 6.87. The third-order valence-corrected chi connectivity index (χ3v) is 13.7. The van der Waals surface area contributed by atoms with E-state index in [9.17, 15) is 5.11 Å². The average Bonchev–Trinajstić information content (AvgIpc) is 3.02. The Hall–Kier alpha value is -3.15. The number of benzene rings is 3. The van der Waals surface area contributed by atoms with Crippen LogP contribution in [0, 0.1) is 11.3 Å². The van der Waals surface area contributed by atoms with Gasteiger partial charge in [0, 0.05) is 0 Å². The van der Waals surface area contributed by atoms with Crippen molar-refractivity contribution in [2.75, 3.05) is 48.8 Å². The SMILES string of the molecule is COc1cccc(OC)c1[P+](CC1(O)CCC(C(C)(C)C)CC1)(c1c(OC)cccc1OC)c1c(OC)cccc1OC. The maximum atomic E-state index is 12.7. The molecule has 1 aliphatic rings. The van der Waals surface area contributed by atoms with Gasteiger partial charge < -0.3 is 33.5 Å². The molecular weight excluding hydrogens is 563 g/mol. The van der Waals surface area contributed by atoms with Crippen molar-refractivity contribution in [1.82, 2.24) is 0 Å². The van der Waals surface area contributed by atoms with Crippen LogP contribution in [0.15, 0.2) is 54.6 Å².